The van der Waals surface area contributed by atoms with Crippen LogP contribution < -0.4 is 0 Å². The first kappa shape index (κ1) is 12.0. The highest BCUT2D eigenvalue weighted by molar-refractivity contribution is 5.91. The molecule has 19 heavy (non-hydrogen) atoms. The van der Waals surface area contributed by atoms with Crippen molar-refractivity contribution in [2.24, 2.45) is 0 Å². The second kappa shape index (κ2) is 4.87. The molecule has 1 fully saturated rings. The number of likely N-dealkylation sites (tertiary alicyclic amines) is 1. The number of nitrogens with zero attached hydrogens (tertiary/aromatic N) is 4. The van der Waals surface area contributed by atoms with E-state index in [9.17, 15) is 4.79 Å². The Balaban J connectivity index is 1.74. The van der Waals surface area contributed by atoms with Gasteiger partial charge in [-0.25, -0.2) is 0 Å². The smallest absolute Gasteiger partial charge is 0.292 e. The molecule has 0 unspecified atom stereocenters. The maximum absolute atomic E-state index is 12.4. The van der Waals surface area contributed by atoms with Crippen LogP contribution in [0, 0.1) is 6.92 Å². The number of carbonyl (C=O) groups excluding carboxylic acids is 1. The molecule has 0 spiro atoms. The third kappa shape index (κ3) is 2.38. The highest BCUT2D eigenvalue weighted by atomic mass is 16.5. The van der Waals surface area contributed by atoms with E-state index in [0.29, 0.717) is 5.76 Å². The van der Waals surface area contributed by atoms with Gasteiger partial charge in [-0.05, 0) is 25.8 Å². The van der Waals surface area contributed by atoms with Gasteiger partial charge in [-0.15, -0.1) is 0 Å². The Morgan fingerprint density at radius 3 is 3.16 bits per heavy atom. The summed E-state index contributed by atoms with van der Waals surface area (Å²) in [4.78, 5) is 14.2. The van der Waals surface area contributed by atoms with Crippen molar-refractivity contribution in [1.82, 2.24) is 19.8 Å². The molecule has 1 aliphatic rings. The van der Waals surface area contributed by atoms with Crippen LogP contribution in [0.25, 0.3) is 0 Å². The van der Waals surface area contributed by atoms with Gasteiger partial charge in [-0.1, -0.05) is 5.16 Å². The average molecular weight is 260 g/mol. The van der Waals surface area contributed by atoms with Gasteiger partial charge in [0.2, 0.25) is 5.76 Å². The van der Waals surface area contributed by atoms with Crippen molar-refractivity contribution in [3.63, 3.8) is 0 Å². The van der Waals surface area contributed by atoms with Crippen molar-refractivity contribution in [2.75, 3.05) is 6.54 Å². The fraction of sp³-hybridized carbons (Fsp3) is 0.462. The van der Waals surface area contributed by atoms with E-state index in [1.165, 1.54) is 0 Å². The average Bonchev–Trinajstić information content (AvgIpc) is 3.10. The van der Waals surface area contributed by atoms with Crippen LogP contribution >= 0.6 is 0 Å². The zero-order chi connectivity index (χ0) is 13.2. The lowest BCUT2D eigenvalue weighted by Crippen LogP contribution is -2.38. The number of hydrogen-bond donors (Lipinski definition) is 0. The van der Waals surface area contributed by atoms with Crippen molar-refractivity contribution >= 4 is 5.91 Å². The molecule has 3 heterocycles. The maximum Gasteiger partial charge on any atom is 0.292 e. The summed E-state index contributed by atoms with van der Waals surface area (Å²) in [5.41, 5.74) is 0.728. The minimum Gasteiger partial charge on any atom is -0.351 e. The topological polar surface area (TPSA) is 64.2 Å². The highest BCUT2D eigenvalue weighted by Crippen LogP contribution is 2.21. The van der Waals surface area contributed by atoms with Crippen LogP contribution in [-0.4, -0.2) is 38.3 Å². The standard InChI is InChI=1S/C13H16N4O2/c1-10-8-12(19-15-10)13(18)17-7-2-4-11(17)9-16-6-3-5-14-16/h3,5-6,8,11H,2,4,7,9H2,1H3/t11-/m1/s1. The molecule has 0 aliphatic carbocycles. The van der Waals surface area contributed by atoms with Crippen molar-refractivity contribution in [3.05, 3.63) is 36.0 Å². The number of aryl methyl sites for hydroxylation is 1. The van der Waals surface area contributed by atoms with Crippen LogP contribution in [0.3, 0.4) is 0 Å². The third-order valence-electron chi connectivity index (χ3n) is 3.43. The van der Waals surface area contributed by atoms with E-state index < -0.39 is 0 Å². The van der Waals surface area contributed by atoms with E-state index in [1.54, 1.807) is 12.3 Å². The molecule has 1 atom stereocenters. The summed E-state index contributed by atoms with van der Waals surface area (Å²) in [6.45, 7) is 3.31. The predicted molar refractivity (Wildman–Crippen MR) is 67.5 cm³/mol. The summed E-state index contributed by atoms with van der Waals surface area (Å²) in [5, 5.41) is 7.96. The first-order valence-electron chi connectivity index (χ1n) is 6.46. The summed E-state index contributed by atoms with van der Waals surface area (Å²) >= 11 is 0. The van der Waals surface area contributed by atoms with E-state index in [1.807, 2.05) is 28.8 Å². The van der Waals surface area contributed by atoms with Crippen molar-refractivity contribution < 1.29 is 9.32 Å². The molecular weight excluding hydrogens is 244 g/mol. The Kier molecular flexibility index (Phi) is 3.06. The Morgan fingerprint density at radius 1 is 1.58 bits per heavy atom. The van der Waals surface area contributed by atoms with Gasteiger partial charge < -0.3 is 9.42 Å². The van der Waals surface area contributed by atoms with Crippen molar-refractivity contribution in [3.8, 4) is 0 Å². The predicted octanol–water partition coefficient (Wildman–Crippen LogP) is 1.48. The summed E-state index contributed by atoms with van der Waals surface area (Å²) in [6, 6.07) is 3.75. The molecule has 0 N–H and O–H groups in total. The lowest BCUT2D eigenvalue weighted by molar-refractivity contribution is 0.0679. The van der Waals surface area contributed by atoms with Gasteiger partial charge in [0.05, 0.1) is 18.3 Å². The lowest BCUT2D eigenvalue weighted by atomic mass is 10.2. The Bertz CT molecular complexity index is 561. The monoisotopic (exact) mass is 260 g/mol. The molecule has 6 nitrogen and oxygen atoms in total. The van der Waals surface area contributed by atoms with Gasteiger partial charge in [0, 0.05) is 25.0 Å². The summed E-state index contributed by atoms with van der Waals surface area (Å²) in [7, 11) is 0. The summed E-state index contributed by atoms with van der Waals surface area (Å²) < 4.78 is 6.92. The van der Waals surface area contributed by atoms with E-state index in [4.69, 9.17) is 4.52 Å². The number of amides is 1. The second-order valence-electron chi connectivity index (χ2n) is 4.86. The van der Waals surface area contributed by atoms with E-state index in [2.05, 4.69) is 10.3 Å². The molecule has 2 aromatic rings. The number of aromatic nitrogens is 3. The summed E-state index contributed by atoms with van der Waals surface area (Å²) in [5.74, 6) is 0.250. The maximum atomic E-state index is 12.4. The minimum atomic E-state index is -0.0738. The molecule has 0 aromatic carbocycles. The van der Waals surface area contributed by atoms with Gasteiger partial charge in [-0.2, -0.15) is 5.10 Å². The molecule has 6 heteroatoms. The molecule has 1 amide bonds. The quantitative estimate of drug-likeness (QED) is 0.838. The lowest BCUT2D eigenvalue weighted by Gasteiger charge is -2.23. The molecule has 2 aromatic heterocycles. The van der Waals surface area contributed by atoms with E-state index in [0.717, 1.165) is 31.6 Å². The number of hydrogen-bond acceptors (Lipinski definition) is 4. The largest absolute Gasteiger partial charge is 0.351 e. The first-order valence-corrected chi connectivity index (χ1v) is 6.46. The van der Waals surface area contributed by atoms with Crippen LogP contribution in [0.15, 0.2) is 29.0 Å². The molecule has 0 saturated carbocycles. The van der Waals surface area contributed by atoms with Crippen LogP contribution in [0.1, 0.15) is 29.1 Å². The SMILES string of the molecule is Cc1cc(C(=O)N2CCC[C@@H]2Cn2cccn2)on1. The zero-order valence-electron chi connectivity index (χ0n) is 10.8. The van der Waals surface area contributed by atoms with E-state index >= 15 is 0 Å². The highest BCUT2D eigenvalue weighted by Gasteiger charge is 2.31. The summed E-state index contributed by atoms with van der Waals surface area (Å²) in [6.07, 6.45) is 5.68. The second-order valence-corrected chi connectivity index (χ2v) is 4.86. The molecule has 1 saturated heterocycles. The Morgan fingerprint density at radius 2 is 2.47 bits per heavy atom. The van der Waals surface area contributed by atoms with Crippen LogP contribution in [-0.2, 0) is 6.54 Å². The van der Waals surface area contributed by atoms with Gasteiger partial charge in [-0.3, -0.25) is 9.48 Å². The molecule has 0 radical (unpaired) electrons. The number of rotatable bonds is 3. The molecule has 0 bridgehead atoms. The van der Waals surface area contributed by atoms with Gasteiger partial charge in [0.15, 0.2) is 0 Å². The molecule has 100 valence electrons. The normalized spacial score (nSPS) is 19.0. The Labute approximate surface area is 111 Å². The van der Waals surface area contributed by atoms with Crippen LogP contribution in [0.5, 0.6) is 0 Å². The Hall–Kier alpha value is -2.11. The third-order valence-corrected chi connectivity index (χ3v) is 3.43. The van der Waals surface area contributed by atoms with Gasteiger partial charge >= 0.3 is 0 Å². The van der Waals surface area contributed by atoms with Crippen LogP contribution in [0.2, 0.25) is 0 Å². The minimum absolute atomic E-state index is 0.0738. The van der Waals surface area contributed by atoms with Crippen molar-refractivity contribution in [1.29, 1.82) is 0 Å². The van der Waals surface area contributed by atoms with Gasteiger partial charge in [0.25, 0.3) is 5.91 Å². The van der Waals surface area contributed by atoms with E-state index in [-0.39, 0.29) is 11.9 Å². The number of carbonyl (C=O) groups is 1. The van der Waals surface area contributed by atoms with Gasteiger partial charge in [0.1, 0.15) is 0 Å². The first-order chi connectivity index (χ1) is 9.24. The van der Waals surface area contributed by atoms with Crippen molar-refractivity contribution in [2.45, 2.75) is 32.4 Å². The fourth-order valence-corrected chi connectivity index (χ4v) is 2.52. The molecule has 3 rings (SSSR count). The molecule has 1 aliphatic heterocycles. The fourth-order valence-electron chi connectivity index (χ4n) is 2.52. The van der Waals surface area contributed by atoms with Crippen LogP contribution in [0.4, 0.5) is 0 Å². The zero-order valence-corrected chi connectivity index (χ0v) is 10.8. The molecular formula is C13H16N4O2.